The summed E-state index contributed by atoms with van der Waals surface area (Å²) < 4.78 is 0. The lowest BCUT2D eigenvalue weighted by molar-refractivity contribution is 1.25. The predicted molar refractivity (Wildman–Crippen MR) is 61.5 cm³/mol. The molecule has 2 heteroatoms. The van der Waals surface area contributed by atoms with E-state index in [9.17, 15) is 0 Å². The second-order valence-electron chi connectivity index (χ2n) is 2.95. The summed E-state index contributed by atoms with van der Waals surface area (Å²) in [6, 6.07) is 4.27. The number of thioether (sulfide) groups is 1. The normalized spacial score (nSPS) is 10.1. The van der Waals surface area contributed by atoms with Crippen molar-refractivity contribution >= 4 is 24.2 Å². The van der Waals surface area contributed by atoms with E-state index in [0.717, 1.165) is 11.4 Å². The van der Waals surface area contributed by atoms with Gasteiger partial charge in [-0.3, -0.25) is 4.99 Å². The molecule has 0 saturated heterocycles. The van der Waals surface area contributed by atoms with Gasteiger partial charge in [0.15, 0.2) is 0 Å². The topological polar surface area (TPSA) is 12.4 Å². The van der Waals surface area contributed by atoms with Crippen LogP contribution in [0.15, 0.2) is 22.0 Å². The summed E-state index contributed by atoms with van der Waals surface area (Å²) in [6.07, 6.45) is 0. The smallest absolute Gasteiger partial charge is 0.0789 e. The molecule has 0 aromatic heterocycles. The van der Waals surface area contributed by atoms with E-state index >= 15 is 0 Å². The number of aliphatic imine (C=N–C) groups is 1. The van der Waals surface area contributed by atoms with E-state index in [2.05, 4.69) is 44.6 Å². The number of rotatable bonds is 3. The molecule has 0 fully saturated rings. The average molecular weight is 193 g/mol. The van der Waals surface area contributed by atoms with Gasteiger partial charge < -0.3 is 0 Å². The Labute approximate surface area is 84.3 Å². The molecule has 0 N–H and O–H groups in total. The zero-order chi connectivity index (χ0) is 9.84. The van der Waals surface area contributed by atoms with Gasteiger partial charge in [0.2, 0.25) is 0 Å². The molecule has 1 aromatic rings. The van der Waals surface area contributed by atoms with Gasteiger partial charge in [0.05, 0.1) is 5.69 Å². The summed E-state index contributed by atoms with van der Waals surface area (Å²) >= 11 is 1.82. The van der Waals surface area contributed by atoms with Crippen LogP contribution >= 0.6 is 11.8 Å². The van der Waals surface area contributed by atoms with Crippen LogP contribution in [0.2, 0.25) is 0 Å². The van der Waals surface area contributed by atoms with Gasteiger partial charge in [-0.15, -0.1) is 11.8 Å². The molecule has 0 atom stereocenters. The number of hydrogen-bond acceptors (Lipinski definition) is 2. The molecule has 1 rings (SSSR count). The molecule has 0 spiro atoms. The molecule has 13 heavy (non-hydrogen) atoms. The number of nitrogens with zero attached hydrogens (tertiary/aromatic N) is 1. The molecular formula is C11H15NS. The van der Waals surface area contributed by atoms with Gasteiger partial charge in [0, 0.05) is 4.90 Å². The molecule has 0 heterocycles. The van der Waals surface area contributed by atoms with Crippen molar-refractivity contribution in [3.05, 3.63) is 23.3 Å². The Morgan fingerprint density at radius 3 is 2.62 bits per heavy atom. The van der Waals surface area contributed by atoms with Crippen molar-refractivity contribution in [1.82, 2.24) is 0 Å². The summed E-state index contributed by atoms with van der Waals surface area (Å²) in [6.45, 7) is 9.96. The lowest BCUT2D eigenvalue weighted by Crippen LogP contribution is -1.84. The van der Waals surface area contributed by atoms with E-state index < -0.39 is 0 Å². The average Bonchev–Trinajstić information content (AvgIpc) is 2.12. The van der Waals surface area contributed by atoms with Crippen LogP contribution in [-0.2, 0) is 0 Å². The summed E-state index contributed by atoms with van der Waals surface area (Å²) in [7, 11) is 0. The molecule has 0 aliphatic carbocycles. The van der Waals surface area contributed by atoms with E-state index in [1.807, 2.05) is 11.8 Å². The molecule has 0 aliphatic rings. The van der Waals surface area contributed by atoms with Crippen molar-refractivity contribution < 1.29 is 0 Å². The van der Waals surface area contributed by atoms with Gasteiger partial charge in [-0.05, 0) is 43.5 Å². The second kappa shape index (κ2) is 4.47. The molecule has 0 saturated carbocycles. The molecular weight excluding hydrogens is 178 g/mol. The van der Waals surface area contributed by atoms with Gasteiger partial charge in [-0.2, -0.15) is 0 Å². The molecule has 70 valence electrons. The lowest BCUT2D eigenvalue weighted by atomic mass is 10.1. The molecule has 1 aromatic carbocycles. The fraction of sp³-hybridized carbons (Fsp3) is 0.364. The fourth-order valence-electron chi connectivity index (χ4n) is 1.24. The Bertz CT molecular complexity index is 318. The minimum atomic E-state index is 1.05. The first-order chi connectivity index (χ1) is 6.20. The Balaban J connectivity index is 3.21. The highest BCUT2D eigenvalue weighted by Gasteiger charge is 2.05. The second-order valence-corrected chi connectivity index (χ2v) is 4.25. The van der Waals surface area contributed by atoms with E-state index in [0.29, 0.717) is 0 Å². The maximum Gasteiger partial charge on any atom is 0.0789 e. The van der Waals surface area contributed by atoms with Gasteiger partial charge in [0.25, 0.3) is 0 Å². The van der Waals surface area contributed by atoms with Gasteiger partial charge >= 0.3 is 0 Å². The monoisotopic (exact) mass is 193 g/mol. The van der Waals surface area contributed by atoms with Crippen LogP contribution in [0.4, 0.5) is 5.69 Å². The maximum absolute atomic E-state index is 4.08. The van der Waals surface area contributed by atoms with Gasteiger partial charge in [-0.25, -0.2) is 0 Å². The quantitative estimate of drug-likeness (QED) is 0.526. The van der Waals surface area contributed by atoms with E-state index in [-0.39, 0.29) is 0 Å². The molecule has 0 amide bonds. The number of benzene rings is 1. The van der Waals surface area contributed by atoms with Crippen molar-refractivity contribution in [3.8, 4) is 0 Å². The Kier molecular flexibility index (Phi) is 3.55. The largest absolute Gasteiger partial charge is 0.263 e. The molecule has 0 radical (unpaired) electrons. The predicted octanol–water partition coefficient (Wildman–Crippen LogP) is 3.75. The van der Waals surface area contributed by atoms with Crippen molar-refractivity contribution in [2.75, 3.05) is 5.75 Å². The highest BCUT2D eigenvalue weighted by molar-refractivity contribution is 7.99. The molecule has 0 aliphatic heterocycles. The Hall–Kier alpha value is -0.760. The Morgan fingerprint density at radius 2 is 2.08 bits per heavy atom. The summed E-state index contributed by atoms with van der Waals surface area (Å²) in [5.41, 5.74) is 3.57. The summed E-state index contributed by atoms with van der Waals surface area (Å²) in [4.78, 5) is 5.32. The third kappa shape index (κ3) is 2.13. The lowest BCUT2D eigenvalue weighted by Gasteiger charge is -2.08. The minimum Gasteiger partial charge on any atom is -0.263 e. The number of aryl methyl sites for hydroxylation is 1. The standard InChI is InChI=1S/C11H15NS/c1-5-13-10-7-6-8(2)9(3)11(10)12-4/h6-7H,4-5H2,1-3H3. The van der Waals surface area contributed by atoms with Crippen LogP contribution in [0.1, 0.15) is 18.1 Å². The van der Waals surface area contributed by atoms with Crippen LogP contribution < -0.4 is 0 Å². The highest BCUT2D eigenvalue weighted by atomic mass is 32.2. The Morgan fingerprint density at radius 1 is 1.38 bits per heavy atom. The zero-order valence-electron chi connectivity index (χ0n) is 8.42. The third-order valence-corrected chi connectivity index (χ3v) is 3.05. The number of hydrogen-bond donors (Lipinski definition) is 0. The van der Waals surface area contributed by atoms with Crippen molar-refractivity contribution in [2.24, 2.45) is 4.99 Å². The van der Waals surface area contributed by atoms with Crippen LogP contribution in [-0.4, -0.2) is 12.5 Å². The van der Waals surface area contributed by atoms with Gasteiger partial charge in [-0.1, -0.05) is 13.0 Å². The van der Waals surface area contributed by atoms with Crippen molar-refractivity contribution in [2.45, 2.75) is 25.7 Å². The van der Waals surface area contributed by atoms with Gasteiger partial charge in [0.1, 0.15) is 0 Å². The summed E-state index contributed by atoms with van der Waals surface area (Å²) in [5, 5.41) is 0. The third-order valence-electron chi connectivity index (χ3n) is 2.12. The van der Waals surface area contributed by atoms with Crippen LogP contribution in [0.5, 0.6) is 0 Å². The zero-order valence-corrected chi connectivity index (χ0v) is 9.24. The van der Waals surface area contributed by atoms with E-state index in [1.165, 1.54) is 16.0 Å². The first-order valence-corrected chi connectivity index (χ1v) is 5.39. The minimum absolute atomic E-state index is 1.05. The molecule has 1 nitrogen and oxygen atoms in total. The van der Waals surface area contributed by atoms with E-state index in [4.69, 9.17) is 0 Å². The highest BCUT2D eigenvalue weighted by Crippen LogP contribution is 2.33. The van der Waals surface area contributed by atoms with Crippen LogP contribution in [0, 0.1) is 13.8 Å². The first-order valence-electron chi connectivity index (χ1n) is 4.40. The maximum atomic E-state index is 4.08. The molecule has 0 bridgehead atoms. The van der Waals surface area contributed by atoms with Crippen LogP contribution in [0.25, 0.3) is 0 Å². The first kappa shape index (κ1) is 10.3. The van der Waals surface area contributed by atoms with Crippen LogP contribution in [0.3, 0.4) is 0 Å². The molecule has 0 unspecified atom stereocenters. The summed E-state index contributed by atoms with van der Waals surface area (Å²) in [5.74, 6) is 1.07. The van der Waals surface area contributed by atoms with E-state index in [1.54, 1.807) is 0 Å². The van der Waals surface area contributed by atoms with Crippen molar-refractivity contribution in [3.63, 3.8) is 0 Å². The van der Waals surface area contributed by atoms with Crippen molar-refractivity contribution in [1.29, 1.82) is 0 Å². The SMILES string of the molecule is C=Nc1c(SCC)ccc(C)c1C. The fourth-order valence-corrected chi connectivity index (χ4v) is 2.07.